The lowest BCUT2D eigenvalue weighted by Gasteiger charge is -2.24. The van der Waals surface area contributed by atoms with Crippen molar-refractivity contribution in [2.24, 2.45) is 11.5 Å². The first-order valence-corrected chi connectivity index (χ1v) is 24.9. The summed E-state index contributed by atoms with van der Waals surface area (Å²) in [5, 5.41) is 20.6. The van der Waals surface area contributed by atoms with Crippen molar-refractivity contribution < 1.29 is 43.0 Å². The summed E-state index contributed by atoms with van der Waals surface area (Å²) in [5.74, 6) is -1.89. The Labute approximate surface area is 411 Å². The number of likely N-dealkylation sites (N-methyl/N-ethyl adjacent to an activating group) is 2. The number of carbonyl (C=O) groups is 7. The van der Waals surface area contributed by atoms with Gasteiger partial charge in [-0.05, 0) is 102 Å². The average Bonchev–Trinajstić information content (AvgIpc) is 3.32. The van der Waals surface area contributed by atoms with Crippen molar-refractivity contribution in [1.29, 1.82) is 0 Å². The molecule has 18 heteroatoms. The Hall–Kier alpha value is -5.43. The normalized spacial score (nSPS) is 12.6. The maximum Gasteiger partial charge on any atom is 0.306 e. The number of benzene rings is 2. The van der Waals surface area contributed by atoms with Gasteiger partial charge in [0.25, 0.3) is 0 Å². The zero-order valence-electron chi connectivity index (χ0n) is 42.2. The van der Waals surface area contributed by atoms with E-state index >= 15 is 0 Å². The summed E-state index contributed by atoms with van der Waals surface area (Å²) < 4.78 is 10.5. The highest BCUT2D eigenvalue weighted by atomic mass is 16.5. The van der Waals surface area contributed by atoms with E-state index in [1.165, 1.54) is 0 Å². The molecule has 0 spiro atoms. The molecule has 0 aromatic heterocycles. The quantitative estimate of drug-likeness (QED) is 0.0354. The van der Waals surface area contributed by atoms with Gasteiger partial charge < -0.3 is 58.2 Å². The van der Waals surface area contributed by atoms with Crippen molar-refractivity contribution in [3.63, 3.8) is 0 Å². The molecule has 388 valence electrons. The Morgan fingerprint density at radius 2 is 0.884 bits per heavy atom. The van der Waals surface area contributed by atoms with Crippen molar-refractivity contribution in [3.05, 3.63) is 71.8 Å². The largest absolute Gasteiger partial charge is 0.461 e. The fourth-order valence-electron chi connectivity index (χ4n) is 6.94. The zero-order chi connectivity index (χ0) is 51.2. The molecule has 2 aromatic carbocycles. The number of amides is 5. The number of unbranched alkanes of at least 4 members (excludes halogenated alkanes) is 3. The number of hydrogen-bond acceptors (Lipinski definition) is 13. The van der Waals surface area contributed by atoms with Crippen LogP contribution in [0.2, 0.25) is 0 Å². The molecule has 0 bridgehead atoms. The lowest BCUT2D eigenvalue weighted by Crippen LogP contribution is -2.53. The molecule has 69 heavy (non-hydrogen) atoms. The molecule has 2 aromatic rings. The third-order valence-electron chi connectivity index (χ3n) is 10.5. The van der Waals surface area contributed by atoms with Crippen molar-refractivity contribution in [2.45, 2.75) is 174 Å². The molecule has 0 aliphatic carbocycles. The molecule has 0 fully saturated rings. The first-order chi connectivity index (χ1) is 33.1. The molecule has 0 heterocycles. The summed E-state index contributed by atoms with van der Waals surface area (Å²) in [7, 11) is 0. The van der Waals surface area contributed by atoms with E-state index in [1.807, 2.05) is 102 Å². The molecule has 11 N–H and O–H groups in total. The van der Waals surface area contributed by atoms with Crippen LogP contribution in [0.25, 0.3) is 0 Å². The third-order valence-corrected chi connectivity index (χ3v) is 10.5. The van der Waals surface area contributed by atoms with Crippen LogP contribution >= 0.6 is 0 Å². The molecule has 0 aliphatic rings. The minimum absolute atomic E-state index is 0.0251. The summed E-state index contributed by atoms with van der Waals surface area (Å²) in [6, 6.07) is 16.7. The molecule has 2 rings (SSSR count). The summed E-state index contributed by atoms with van der Waals surface area (Å²) >= 11 is 0. The van der Waals surface area contributed by atoms with Crippen molar-refractivity contribution in [1.82, 2.24) is 37.2 Å². The summed E-state index contributed by atoms with van der Waals surface area (Å²) in [6.07, 6.45) is 6.56. The zero-order valence-corrected chi connectivity index (χ0v) is 42.2. The topological polar surface area (TPSA) is 274 Å². The Bertz CT molecular complexity index is 1750. The number of nitrogens with two attached hydrogens (primary N) is 2. The van der Waals surface area contributed by atoms with Gasteiger partial charge in [-0.25, -0.2) is 0 Å². The maximum atomic E-state index is 13.0. The monoisotopic (exact) mass is 968 g/mol. The molecule has 0 aliphatic heterocycles. The number of hydrogen-bond donors (Lipinski definition) is 9. The lowest BCUT2D eigenvalue weighted by molar-refractivity contribution is -0.146. The average molecular weight is 968 g/mol. The highest BCUT2D eigenvalue weighted by Gasteiger charge is 2.27. The summed E-state index contributed by atoms with van der Waals surface area (Å²) in [4.78, 5) is 86.8. The van der Waals surface area contributed by atoms with Crippen LogP contribution < -0.4 is 48.7 Å². The van der Waals surface area contributed by atoms with Crippen molar-refractivity contribution in [3.8, 4) is 0 Å². The van der Waals surface area contributed by atoms with E-state index < -0.39 is 30.1 Å². The number of esters is 2. The molecule has 0 saturated heterocycles. The fourth-order valence-corrected chi connectivity index (χ4v) is 6.94. The SMILES string of the molecule is CCNC(=O)C(CCCCN)NC(=O)C(CCC(=O)OCc1ccccc1)NC(C)C.CCNC(=O)C(CCCCN)NC(=O)C(CCCCNC(=O)CCC(=O)OCc1ccccc1)NC(C)C. The first-order valence-electron chi connectivity index (χ1n) is 24.9. The first kappa shape index (κ1) is 61.6. The van der Waals surface area contributed by atoms with Crippen LogP contribution in [0.15, 0.2) is 60.7 Å². The van der Waals surface area contributed by atoms with Gasteiger partial charge in [-0.3, -0.25) is 33.6 Å². The Kier molecular flexibility index (Phi) is 34.3. The summed E-state index contributed by atoms with van der Waals surface area (Å²) in [6.45, 7) is 14.4. The van der Waals surface area contributed by atoms with Crippen LogP contribution in [0.5, 0.6) is 0 Å². The lowest BCUT2D eigenvalue weighted by atomic mass is 10.0. The van der Waals surface area contributed by atoms with E-state index in [4.69, 9.17) is 20.9 Å². The smallest absolute Gasteiger partial charge is 0.306 e. The second-order valence-electron chi connectivity index (χ2n) is 17.4. The molecular formula is C51H85N9O9. The predicted molar refractivity (Wildman–Crippen MR) is 269 cm³/mol. The van der Waals surface area contributed by atoms with Gasteiger partial charge in [0.05, 0.1) is 18.5 Å². The number of rotatable bonds is 35. The van der Waals surface area contributed by atoms with Gasteiger partial charge in [-0.15, -0.1) is 0 Å². The Balaban J connectivity index is 0.000000704. The minimum atomic E-state index is -0.625. The van der Waals surface area contributed by atoms with Crippen LogP contribution in [0, 0.1) is 0 Å². The molecule has 4 unspecified atom stereocenters. The highest BCUT2D eigenvalue weighted by Crippen LogP contribution is 2.10. The molecule has 5 amide bonds. The second-order valence-corrected chi connectivity index (χ2v) is 17.4. The van der Waals surface area contributed by atoms with Gasteiger partial charge in [0.2, 0.25) is 29.5 Å². The van der Waals surface area contributed by atoms with Gasteiger partial charge in [0.1, 0.15) is 25.3 Å². The van der Waals surface area contributed by atoms with E-state index in [-0.39, 0.29) is 86.5 Å². The van der Waals surface area contributed by atoms with Crippen molar-refractivity contribution in [2.75, 3.05) is 32.7 Å². The Morgan fingerprint density at radius 1 is 0.478 bits per heavy atom. The fraction of sp³-hybridized carbons (Fsp3) is 0.627. The van der Waals surface area contributed by atoms with Crippen molar-refractivity contribution >= 4 is 41.5 Å². The number of carbonyl (C=O) groups excluding carboxylic acids is 7. The molecule has 0 saturated carbocycles. The van der Waals surface area contributed by atoms with Gasteiger partial charge in [-0.1, -0.05) is 88.4 Å². The van der Waals surface area contributed by atoms with Crippen LogP contribution in [0.1, 0.15) is 136 Å². The molecule has 0 radical (unpaired) electrons. The molecular weight excluding hydrogens is 883 g/mol. The predicted octanol–water partition coefficient (Wildman–Crippen LogP) is 3.54. The van der Waals surface area contributed by atoms with Crippen LogP contribution in [-0.2, 0) is 56.2 Å². The van der Waals surface area contributed by atoms with E-state index in [2.05, 4.69) is 37.2 Å². The minimum Gasteiger partial charge on any atom is -0.461 e. The number of nitrogens with one attached hydrogen (secondary N) is 7. The Morgan fingerprint density at radius 3 is 1.30 bits per heavy atom. The standard InChI is InChI=1S/C28H47N5O5.C23H38N4O4/c1-4-30-27(36)23(14-8-10-18-29)33-28(37)24(32-21(2)3)15-9-11-19-31-25(34)16-17-26(35)38-20-22-12-6-5-7-13-22;1-4-25-22(29)19(12-8-9-15-24)27-23(30)20(26-17(2)3)13-14-21(28)31-16-18-10-6-5-7-11-18/h5-7,12-13,21,23-24,32H,4,8-11,14-20,29H2,1-3H3,(H,30,36)(H,31,34)(H,33,37);5-7,10-11,17,19-20,26H,4,8-9,12-16,24H2,1-3H3,(H,25,29)(H,27,30). The van der Waals surface area contributed by atoms with Crippen LogP contribution in [-0.4, -0.2) is 110 Å². The second kappa shape index (κ2) is 38.4. The van der Waals surface area contributed by atoms with E-state index in [9.17, 15) is 33.6 Å². The van der Waals surface area contributed by atoms with Gasteiger partial charge >= 0.3 is 11.9 Å². The molecule has 18 nitrogen and oxygen atoms in total. The van der Waals surface area contributed by atoms with E-state index in [0.29, 0.717) is 64.8 Å². The van der Waals surface area contributed by atoms with Gasteiger partial charge in [0.15, 0.2) is 0 Å². The molecule has 4 atom stereocenters. The van der Waals surface area contributed by atoms with E-state index in [1.54, 1.807) is 0 Å². The maximum absolute atomic E-state index is 13.0. The van der Waals surface area contributed by atoms with Gasteiger partial charge in [-0.2, -0.15) is 0 Å². The van der Waals surface area contributed by atoms with E-state index in [0.717, 1.165) is 36.8 Å². The third kappa shape index (κ3) is 30.6. The van der Waals surface area contributed by atoms with Crippen LogP contribution in [0.3, 0.4) is 0 Å². The van der Waals surface area contributed by atoms with Crippen LogP contribution in [0.4, 0.5) is 0 Å². The number of ether oxygens (including phenoxy) is 2. The summed E-state index contributed by atoms with van der Waals surface area (Å²) in [5.41, 5.74) is 12.9. The highest BCUT2D eigenvalue weighted by molar-refractivity contribution is 5.90. The van der Waals surface area contributed by atoms with Gasteiger partial charge in [0, 0.05) is 44.6 Å².